The van der Waals surface area contributed by atoms with Crippen LogP contribution in [-0.2, 0) is 4.79 Å². The molecule has 5 heteroatoms. The third-order valence-electron chi connectivity index (χ3n) is 3.43. The maximum absolute atomic E-state index is 12.0. The average molecular weight is 279 g/mol. The first kappa shape index (κ1) is 16.4. The van der Waals surface area contributed by atoms with Crippen LogP contribution in [-0.4, -0.2) is 47.6 Å². The van der Waals surface area contributed by atoms with Crippen LogP contribution in [0.5, 0.6) is 0 Å². The van der Waals surface area contributed by atoms with E-state index in [1.807, 2.05) is 44.9 Å². The van der Waals surface area contributed by atoms with E-state index in [0.29, 0.717) is 18.7 Å². The van der Waals surface area contributed by atoms with Crippen molar-refractivity contribution in [2.75, 3.05) is 31.6 Å². The minimum atomic E-state index is -0.522. The third-order valence-corrected chi connectivity index (χ3v) is 3.43. The Morgan fingerprint density at radius 2 is 1.95 bits per heavy atom. The number of carbonyl (C=O) groups excluding carboxylic acids is 1. The SMILES string of the molecule is CC[C@@H](O)c1ccc(N(C)CC(=O)N(CC)CC)cn1. The highest BCUT2D eigenvalue weighted by molar-refractivity contribution is 5.81. The molecule has 5 nitrogen and oxygen atoms in total. The molecule has 1 N–H and O–H groups in total. The topological polar surface area (TPSA) is 56.7 Å². The summed E-state index contributed by atoms with van der Waals surface area (Å²) in [5.41, 5.74) is 1.54. The van der Waals surface area contributed by atoms with Gasteiger partial charge in [0, 0.05) is 20.1 Å². The lowest BCUT2D eigenvalue weighted by atomic mass is 10.2. The molecule has 0 aliphatic carbocycles. The van der Waals surface area contributed by atoms with Crippen LogP contribution in [0.15, 0.2) is 18.3 Å². The molecule has 1 aromatic heterocycles. The van der Waals surface area contributed by atoms with Gasteiger partial charge in [-0.1, -0.05) is 6.92 Å². The maximum Gasteiger partial charge on any atom is 0.242 e. The van der Waals surface area contributed by atoms with Crippen LogP contribution < -0.4 is 4.90 Å². The standard InChI is InChI=1S/C15H25N3O2/c1-5-14(19)13-9-8-12(10-16-13)17(4)11-15(20)18(6-2)7-3/h8-10,14,19H,5-7,11H2,1-4H3/t14-/m1/s1. The fourth-order valence-corrected chi connectivity index (χ4v) is 2.00. The van der Waals surface area contributed by atoms with Gasteiger partial charge in [0.25, 0.3) is 0 Å². The van der Waals surface area contributed by atoms with Crippen LogP contribution in [0, 0.1) is 0 Å². The van der Waals surface area contributed by atoms with Crippen LogP contribution in [0.3, 0.4) is 0 Å². The van der Waals surface area contributed by atoms with E-state index in [4.69, 9.17) is 0 Å². The zero-order valence-electron chi connectivity index (χ0n) is 12.8. The first-order valence-electron chi connectivity index (χ1n) is 7.16. The lowest BCUT2D eigenvalue weighted by Crippen LogP contribution is -2.38. The van der Waals surface area contributed by atoms with Crippen molar-refractivity contribution in [2.24, 2.45) is 0 Å². The summed E-state index contributed by atoms with van der Waals surface area (Å²) >= 11 is 0. The minimum Gasteiger partial charge on any atom is -0.387 e. The third kappa shape index (κ3) is 4.20. The molecule has 0 aliphatic heterocycles. The van der Waals surface area contributed by atoms with Gasteiger partial charge in [0.1, 0.15) is 0 Å². The number of aromatic nitrogens is 1. The summed E-state index contributed by atoms with van der Waals surface area (Å²) in [6, 6.07) is 3.69. The Morgan fingerprint density at radius 3 is 2.40 bits per heavy atom. The highest BCUT2D eigenvalue weighted by Gasteiger charge is 2.13. The Bertz CT molecular complexity index is 416. The molecule has 0 bridgehead atoms. The van der Waals surface area contributed by atoms with Crippen LogP contribution in [0.1, 0.15) is 39.0 Å². The molecular formula is C15H25N3O2. The first-order chi connectivity index (χ1) is 9.53. The second-order valence-electron chi connectivity index (χ2n) is 4.79. The van der Waals surface area contributed by atoms with E-state index in [-0.39, 0.29) is 5.91 Å². The molecule has 0 radical (unpaired) electrons. The Morgan fingerprint density at radius 1 is 1.30 bits per heavy atom. The number of rotatable bonds is 7. The normalized spacial score (nSPS) is 12.1. The van der Waals surface area contributed by atoms with Gasteiger partial charge in [0.15, 0.2) is 0 Å². The summed E-state index contributed by atoms with van der Waals surface area (Å²) in [6.07, 6.45) is 1.82. The molecule has 1 amide bonds. The number of amides is 1. The van der Waals surface area contributed by atoms with E-state index < -0.39 is 6.10 Å². The van der Waals surface area contributed by atoms with Crippen LogP contribution in [0.25, 0.3) is 0 Å². The van der Waals surface area contributed by atoms with Crippen molar-refractivity contribution in [3.8, 4) is 0 Å². The molecule has 0 fully saturated rings. The highest BCUT2D eigenvalue weighted by Crippen LogP contribution is 2.17. The number of carbonyl (C=O) groups is 1. The number of nitrogens with zero attached hydrogens (tertiary/aromatic N) is 3. The summed E-state index contributed by atoms with van der Waals surface area (Å²) in [5, 5.41) is 9.70. The largest absolute Gasteiger partial charge is 0.387 e. The molecule has 1 aromatic rings. The lowest BCUT2D eigenvalue weighted by molar-refractivity contribution is -0.129. The molecular weight excluding hydrogens is 254 g/mol. The van der Waals surface area contributed by atoms with Gasteiger partial charge in [-0.25, -0.2) is 0 Å². The van der Waals surface area contributed by atoms with Crippen molar-refractivity contribution in [1.29, 1.82) is 0 Å². The van der Waals surface area contributed by atoms with Gasteiger partial charge in [-0.15, -0.1) is 0 Å². The highest BCUT2D eigenvalue weighted by atomic mass is 16.3. The van der Waals surface area contributed by atoms with Crippen LogP contribution in [0.2, 0.25) is 0 Å². The first-order valence-corrected chi connectivity index (χ1v) is 7.16. The Kier molecular flexibility index (Phi) is 6.45. The summed E-state index contributed by atoms with van der Waals surface area (Å²) in [6.45, 7) is 7.65. The number of anilines is 1. The monoisotopic (exact) mass is 279 g/mol. The van der Waals surface area contributed by atoms with Gasteiger partial charge in [0.05, 0.1) is 30.2 Å². The van der Waals surface area contributed by atoms with E-state index >= 15 is 0 Å². The van der Waals surface area contributed by atoms with Gasteiger partial charge in [0.2, 0.25) is 5.91 Å². The van der Waals surface area contributed by atoms with Crippen molar-refractivity contribution in [3.63, 3.8) is 0 Å². The van der Waals surface area contributed by atoms with Crippen molar-refractivity contribution < 1.29 is 9.90 Å². The van der Waals surface area contributed by atoms with Crippen molar-refractivity contribution in [1.82, 2.24) is 9.88 Å². The molecule has 20 heavy (non-hydrogen) atoms. The Labute approximate surface area is 121 Å². The van der Waals surface area contributed by atoms with E-state index in [9.17, 15) is 9.90 Å². The quantitative estimate of drug-likeness (QED) is 0.827. The summed E-state index contributed by atoms with van der Waals surface area (Å²) in [4.78, 5) is 20.0. The predicted octanol–water partition coefficient (Wildman–Crippen LogP) is 1.83. The zero-order valence-corrected chi connectivity index (χ0v) is 12.8. The maximum atomic E-state index is 12.0. The van der Waals surface area contributed by atoms with Gasteiger partial charge < -0.3 is 14.9 Å². The van der Waals surface area contributed by atoms with Crippen molar-refractivity contribution in [3.05, 3.63) is 24.0 Å². The number of pyridine rings is 1. The van der Waals surface area contributed by atoms with Crippen molar-refractivity contribution >= 4 is 11.6 Å². The van der Waals surface area contributed by atoms with E-state index in [1.165, 1.54) is 0 Å². The molecule has 0 unspecified atom stereocenters. The molecule has 1 rings (SSSR count). The molecule has 0 aliphatic rings. The number of hydrogen-bond donors (Lipinski definition) is 1. The smallest absolute Gasteiger partial charge is 0.242 e. The Balaban J connectivity index is 2.68. The second-order valence-corrected chi connectivity index (χ2v) is 4.79. The summed E-state index contributed by atoms with van der Waals surface area (Å²) in [5.74, 6) is 0.107. The number of aliphatic hydroxyl groups is 1. The molecule has 0 saturated carbocycles. The summed E-state index contributed by atoms with van der Waals surface area (Å²) < 4.78 is 0. The number of hydrogen-bond acceptors (Lipinski definition) is 4. The fourth-order valence-electron chi connectivity index (χ4n) is 2.00. The molecule has 112 valence electrons. The van der Waals surface area contributed by atoms with Gasteiger partial charge in [-0.05, 0) is 32.4 Å². The molecule has 0 spiro atoms. The van der Waals surface area contributed by atoms with Crippen LogP contribution >= 0.6 is 0 Å². The fraction of sp³-hybridized carbons (Fsp3) is 0.600. The molecule has 0 aromatic carbocycles. The molecule has 0 saturated heterocycles. The van der Waals surface area contributed by atoms with E-state index in [2.05, 4.69) is 4.98 Å². The molecule has 1 atom stereocenters. The van der Waals surface area contributed by atoms with Gasteiger partial charge in [-0.2, -0.15) is 0 Å². The average Bonchev–Trinajstić information content (AvgIpc) is 2.47. The Hall–Kier alpha value is -1.62. The van der Waals surface area contributed by atoms with Crippen LogP contribution in [0.4, 0.5) is 5.69 Å². The minimum absolute atomic E-state index is 0.107. The number of aliphatic hydroxyl groups excluding tert-OH is 1. The van der Waals surface area contributed by atoms with Crippen molar-refractivity contribution in [2.45, 2.75) is 33.3 Å². The summed E-state index contributed by atoms with van der Waals surface area (Å²) in [7, 11) is 1.87. The van der Waals surface area contributed by atoms with Gasteiger partial charge in [-0.3, -0.25) is 9.78 Å². The van der Waals surface area contributed by atoms with E-state index in [1.54, 1.807) is 11.1 Å². The number of likely N-dealkylation sites (N-methyl/N-ethyl adjacent to an activating group) is 2. The predicted molar refractivity (Wildman–Crippen MR) is 80.7 cm³/mol. The second kappa shape index (κ2) is 7.85. The zero-order chi connectivity index (χ0) is 15.1. The van der Waals surface area contributed by atoms with E-state index in [0.717, 1.165) is 18.8 Å². The van der Waals surface area contributed by atoms with Gasteiger partial charge >= 0.3 is 0 Å². The lowest BCUT2D eigenvalue weighted by Gasteiger charge is -2.24. The molecule has 1 heterocycles.